The van der Waals surface area contributed by atoms with Crippen LogP contribution in [0.5, 0.6) is 0 Å². The number of hydrogen-bond acceptors (Lipinski definition) is 6. The summed E-state index contributed by atoms with van der Waals surface area (Å²) in [5.41, 5.74) is 0. The second-order valence-corrected chi connectivity index (χ2v) is 7.98. The van der Waals surface area contributed by atoms with Gasteiger partial charge in [-0.1, -0.05) is 0 Å². The van der Waals surface area contributed by atoms with Crippen LogP contribution in [0.1, 0.15) is 10.6 Å². The summed E-state index contributed by atoms with van der Waals surface area (Å²) in [4.78, 5) is 10.2. The van der Waals surface area contributed by atoms with Gasteiger partial charge < -0.3 is 9.52 Å². The maximum atomic E-state index is 11.9. The Labute approximate surface area is 123 Å². The van der Waals surface area contributed by atoms with Gasteiger partial charge in [-0.05, 0) is 23.0 Å². The smallest absolute Gasteiger partial charge is 0.371 e. The SMILES string of the molecule is CNS(=O)(=O)CCNS(=O)(=O)c1cc(C(=O)O)oc1Br. The second kappa shape index (κ2) is 6.22. The number of carboxylic acids is 1. The maximum absolute atomic E-state index is 11.9. The summed E-state index contributed by atoms with van der Waals surface area (Å²) >= 11 is 2.79. The summed E-state index contributed by atoms with van der Waals surface area (Å²) in [5.74, 6) is -2.44. The lowest BCUT2D eigenvalue weighted by molar-refractivity contribution is 0.0661. The molecule has 0 spiro atoms. The van der Waals surface area contributed by atoms with E-state index in [-0.39, 0.29) is 11.2 Å². The van der Waals surface area contributed by atoms with Gasteiger partial charge in [-0.15, -0.1) is 0 Å². The zero-order valence-corrected chi connectivity index (χ0v) is 13.3. The fourth-order valence-electron chi connectivity index (χ4n) is 1.13. The summed E-state index contributed by atoms with van der Waals surface area (Å²) in [6.07, 6.45) is 0. The third-order valence-corrected chi connectivity index (χ3v) is 5.81. The van der Waals surface area contributed by atoms with Crippen LogP contribution < -0.4 is 9.44 Å². The second-order valence-electron chi connectivity index (χ2n) is 3.47. The minimum atomic E-state index is -4.08. The molecule has 0 saturated carbocycles. The molecule has 0 aliphatic rings. The molecule has 9 nitrogen and oxygen atoms in total. The summed E-state index contributed by atoms with van der Waals surface area (Å²) in [6.45, 7) is -0.370. The average molecular weight is 391 g/mol. The number of halogens is 1. The van der Waals surface area contributed by atoms with Crippen molar-refractivity contribution in [2.45, 2.75) is 4.90 Å². The van der Waals surface area contributed by atoms with Crippen LogP contribution >= 0.6 is 15.9 Å². The van der Waals surface area contributed by atoms with Gasteiger partial charge >= 0.3 is 5.97 Å². The monoisotopic (exact) mass is 390 g/mol. The molecule has 1 aromatic heterocycles. The van der Waals surface area contributed by atoms with Crippen LogP contribution in [0.4, 0.5) is 0 Å². The summed E-state index contributed by atoms with van der Waals surface area (Å²) in [7, 11) is -6.43. The van der Waals surface area contributed by atoms with Gasteiger partial charge in [0.2, 0.25) is 25.8 Å². The number of hydrogen-bond donors (Lipinski definition) is 3. The molecular weight excluding hydrogens is 380 g/mol. The number of rotatable bonds is 7. The summed E-state index contributed by atoms with van der Waals surface area (Å²) in [6, 6.07) is 0.821. The highest BCUT2D eigenvalue weighted by molar-refractivity contribution is 9.10. The molecule has 12 heteroatoms. The van der Waals surface area contributed by atoms with E-state index >= 15 is 0 Å². The summed E-state index contributed by atoms with van der Waals surface area (Å²) in [5, 5.41) is 8.69. The van der Waals surface area contributed by atoms with Crippen LogP contribution in [-0.4, -0.2) is 47.3 Å². The van der Waals surface area contributed by atoms with E-state index in [9.17, 15) is 21.6 Å². The first-order chi connectivity index (χ1) is 9.09. The molecule has 3 N–H and O–H groups in total. The molecular formula is C8H11BrN2O7S2. The third-order valence-electron chi connectivity index (χ3n) is 2.13. The molecule has 0 aliphatic carbocycles. The topological polar surface area (TPSA) is 143 Å². The van der Waals surface area contributed by atoms with Gasteiger partial charge in [0.1, 0.15) is 4.90 Å². The molecule has 0 fully saturated rings. The molecule has 1 rings (SSSR count). The molecule has 0 aromatic carbocycles. The van der Waals surface area contributed by atoms with Crippen molar-refractivity contribution >= 4 is 41.9 Å². The molecule has 0 saturated heterocycles. The number of carbonyl (C=O) groups is 1. The first-order valence-corrected chi connectivity index (χ1v) is 8.95. The standard InChI is InChI=1S/C8H11BrN2O7S2/c1-10-19(14,15)3-2-11-20(16,17)6-4-5(8(12)13)18-7(6)9/h4,10-11H,2-3H2,1H3,(H,12,13). The van der Waals surface area contributed by atoms with Gasteiger partial charge in [0, 0.05) is 12.6 Å². The number of carboxylic acid groups (broad SMARTS) is 1. The Hall–Kier alpha value is -0.950. The highest BCUT2D eigenvalue weighted by atomic mass is 79.9. The molecule has 0 amide bonds. The van der Waals surface area contributed by atoms with Crippen molar-refractivity contribution in [3.05, 3.63) is 16.5 Å². The Morgan fingerprint density at radius 1 is 1.40 bits per heavy atom. The lowest BCUT2D eigenvalue weighted by Crippen LogP contribution is -2.32. The van der Waals surface area contributed by atoms with Crippen molar-refractivity contribution in [1.82, 2.24) is 9.44 Å². The predicted octanol–water partition coefficient (Wildman–Crippen LogP) is -0.432. The number of furan rings is 1. The van der Waals surface area contributed by atoms with Gasteiger partial charge in [-0.25, -0.2) is 31.1 Å². The molecule has 0 radical (unpaired) electrons. The highest BCUT2D eigenvalue weighted by Gasteiger charge is 2.25. The van der Waals surface area contributed by atoms with Crippen molar-refractivity contribution in [2.24, 2.45) is 0 Å². The zero-order chi connectivity index (χ0) is 15.6. The van der Waals surface area contributed by atoms with E-state index < -0.39 is 42.4 Å². The molecule has 1 aromatic rings. The van der Waals surface area contributed by atoms with E-state index in [1.165, 1.54) is 7.05 Å². The van der Waals surface area contributed by atoms with Crippen LogP contribution in [-0.2, 0) is 20.0 Å². The van der Waals surface area contributed by atoms with Crippen molar-refractivity contribution < 1.29 is 31.2 Å². The molecule has 114 valence electrons. The molecule has 20 heavy (non-hydrogen) atoms. The van der Waals surface area contributed by atoms with Crippen LogP contribution in [0.25, 0.3) is 0 Å². The molecule has 0 aliphatic heterocycles. The average Bonchev–Trinajstić information content (AvgIpc) is 2.72. The van der Waals surface area contributed by atoms with E-state index in [0.717, 1.165) is 6.07 Å². The van der Waals surface area contributed by atoms with Gasteiger partial charge in [0.15, 0.2) is 4.67 Å². The van der Waals surface area contributed by atoms with Gasteiger partial charge in [-0.2, -0.15) is 0 Å². The highest BCUT2D eigenvalue weighted by Crippen LogP contribution is 2.25. The Morgan fingerprint density at radius 2 is 2.00 bits per heavy atom. The van der Waals surface area contributed by atoms with E-state index in [1.807, 2.05) is 9.44 Å². The lowest BCUT2D eigenvalue weighted by atomic mass is 10.5. The third kappa shape index (κ3) is 4.28. The number of sulfonamides is 2. The largest absolute Gasteiger partial charge is 0.475 e. The normalized spacial score (nSPS) is 12.5. The van der Waals surface area contributed by atoms with Crippen molar-refractivity contribution in [1.29, 1.82) is 0 Å². The molecule has 0 bridgehead atoms. The lowest BCUT2D eigenvalue weighted by Gasteiger charge is -2.05. The first-order valence-electron chi connectivity index (χ1n) is 5.02. The van der Waals surface area contributed by atoms with Gasteiger partial charge in [0.05, 0.1) is 5.75 Å². The summed E-state index contributed by atoms with van der Waals surface area (Å²) < 4.78 is 54.4. The van der Waals surface area contributed by atoms with Gasteiger partial charge in [-0.3, -0.25) is 0 Å². The Balaban J connectivity index is 2.87. The van der Waals surface area contributed by atoms with Crippen molar-refractivity contribution in [3.8, 4) is 0 Å². The van der Waals surface area contributed by atoms with E-state index in [1.54, 1.807) is 0 Å². The Bertz CT molecular complexity index is 707. The Morgan fingerprint density at radius 3 is 2.45 bits per heavy atom. The minimum absolute atomic E-state index is 0.279. The van der Waals surface area contributed by atoms with Crippen molar-refractivity contribution in [2.75, 3.05) is 19.3 Å². The fourth-order valence-corrected chi connectivity index (χ4v) is 3.80. The van der Waals surface area contributed by atoms with E-state index in [2.05, 4.69) is 15.9 Å². The maximum Gasteiger partial charge on any atom is 0.371 e. The number of nitrogens with one attached hydrogen (secondary N) is 2. The minimum Gasteiger partial charge on any atom is -0.475 e. The van der Waals surface area contributed by atoms with Crippen molar-refractivity contribution in [3.63, 3.8) is 0 Å². The fraction of sp³-hybridized carbons (Fsp3) is 0.375. The van der Waals surface area contributed by atoms with Crippen LogP contribution in [0.15, 0.2) is 20.0 Å². The molecule has 0 unspecified atom stereocenters. The molecule has 0 atom stereocenters. The zero-order valence-electron chi connectivity index (χ0n) is 10.1. The number of aromatic carboxylic acids is 1. The first kappa shape index (κ1) is 17.1. The Kier molecular flexibility index (Phi) is 5.32. The van der Waals surface area contributed by atoms with Crippen LogP contribution in [0.2, 0.25) is 0 Å². The predicted molar refractivity (Wildman–Crippen MR) is 71.4 cm³/mol. The van der Waals surface area contributed by atoms with Gasteiger partial charge in [0.25, 0.3) is 0 Å². The van der Waals surface area contributed by atoms with Crippen LogP contribution in [0, 0.1) is 0 Å². The van der Waals surface area contributed by atoms with Crippen LogP contribution in [0.3, 0.4) is 0 Å². The molecule has 1 heterocycles. The van der Waals surface area contributed by atoms with E-state index in [4.69, 9.17) is 9.52 Å². The quantitative estimate of drug-likeness (QED) is 0.572. The van der Waals surface area contributed by atoms with E-state index in [0.29, 0.717) is 0 Å².